The lowest BCUT2D eigenvalue weighted by Gasteiger charge is -2.34. The van der Waals surface area contributed by atoms with Crippen LogP contribution in [0.15, 0.2) is 22.7 Å². The van der Waals surface area contributed by atoms with E-state index in [0.29, 0.717) is 23.2 Å². The lowest BCUT2D eigenvalue weighted by atomic mass is 9.69. The highest BCUT2D eigenvalue weighted by atomic mass is 79.9. The third kappa shape index (κ3) is 2.25. The van der Waals surface area contributed by atoms with Crippen LogP contribution in [-0.4, -0.2) is 16.0 Å². The van der Waals surface area contributed by atoms with Crippen LogP contribution in [0.4, 0.5) is 5.69 Å². The zero-order valence-electron chi connectivity index (χ0n) is 11.4. The van der Waals surface area contributed by atoms with Crippen LogP contribution in [0.2, 0.25) is 0 Å². The number of aliphatic carboxylic acids is 1. The molecule has 1 aromatic carbocycles. The van der Waals surface area contributed by atoms with Gasteiger partial charge in [-0.1, -0.05) is 18.6 Å². The van der Waals surface area contributed by atoms with E-state index < -0.39 is 16.3 Å². The van der Waals surface area contributed by atoms with Gasteiger partial charge in [-0.25, -0.2) is 0 Å². The minimum absolute atomic E-state index is 0.00352. The molecule has 1 N–H and O–H groups in total. The molecule has 3 rings (SSSR count). The van der Waals surface area contributed by atoms with E-state index >= 15 is 0 Å². The van der Waals surface area contributed by atoms with Crippen molar-refractivity contribution in [2.45, 2.75) is 32.1 Å². The minimum atomic E-state index is -0.756. The lowest BCUT2D eigenvalue weighted by Crippen LogP contribution is -2.38. The fourth-order valence-corrected chi connectivity index (χ4v) is 4.73. The Morgan fingerprint density at radius 1 is 1.48 bits per heavy atom. The van der Waals surface area contributed by atoms with Crippen molar-refractivity contribution in [2.75, 3.05) is 0 Å². The van der Waals surface area contributed by atoms with Crippen LogP contribution < -0.4 is 0 Å². The van der Waals surface area contributed by atoms with Gasteiger partial charge in [0.15, 0.2) is 0 Å². The second-order valence-corrected chi connectivity index (χ2v) is 7.02. The molecule has 1 aromatic rings. The first-order valence-corrected chi connectivity index (χ1v) is 7.88. The van der Waals surface area contributed by atoms with Crippen LogP contribution in [0.3, 0.4) is 0 Å². The van der Waals surface area contributed by atoms with Gasteiger partial charge >= 0.3 is 5.97 Å². The van der Waals surface area contributed by atoms with E-state index in [1.165, 1.54) is 6.07 Å². The minimum Gasteiger partial charge on any atom is -0.481 e. The zero-order chi connectivity index (χ0) is 15.2. The average molecular weight is 354 g/mol. The molecule has 3 atom stereocenters. The maximum absolute atomic E-state index is 11.9. The summed E-state index contributed by atoms with van der Waals surface area (Å²) in [5, 5.41) is 20.8. The summed E-state index contributed by atoms with van der Waals surface area (Å²) < 4.78 is 0.415. The normalized spacial score (nSPS) is 30.5. The Labute approximate surface area is 130 Å². The second-order valence-electron chi connectivity index (χ2n) is 6.23. The lowest BCUT2D eigenvalue weighted by molar-refractivity contribution is -0.385. The number of carbonyl (C=O) groups is 1. The second kappa shape index (κ2) is 5.09. The van der Waals surface area contributed by atoms with Crippen molar-refractivity contribution in [1.82, 2.24) is 0 Å². The molecule has 0 heterocycles. The molecular weight excluding hydrogens is 338 g/mol. The van der Waals surface area contributed by atoms with Gasteiger partial charge in [0.25, 0.3) is 5.69 Å². The SMILES string of the molecule is O=C(O)C1(Cc2cccc([N+](=O)[O-])c2Br)CC2CCC1C2. The van der Waals surface area contributed by atoms with Crippen molar-refractivity contribution in [1.29, 1.82) is 0 Å². The molecule has 0 amide bonds. The summed E-state index contributed by atoms with van der Waals surface area (Å²) in [6.07, 6.45) is 4.13. The molecule has 0 radical (unpaired) electrons. The number of halogens is 1. The van der Waals surface area contributed by atoms with E-state index in [2.05, 4.69) is 15.9 Å². The number of nitro benzene ring substituents is 1. The van der Waals surface area contributed by atoms with Gasteiger partial charge in [-0.2, -0.15) is 0 Å². The number of fused-ring (bicyclic) bond motifs is 2. The van der Waals surface area contributed by atoms with Crippen LogP contribution in [0, 0.1) is 27.4 Å². The molecule has 2 bridgehead atoms. The molecule has 5 nitrogen and oxygen atoms in total. The van der Waals surface area contributed by atoms with E-state index in [0.717, 1.165) is 24.8 Å². The van der Waals surface area contributed by atoms with Crippen molar-refractivity contribution < 1.29 is 14.8 Å². The molecule has 0 aliphatic heterocycles. The molecule has 2 aliphatic rings. The van der Waals surface area contributed by atoms with Crippen LogP contribution in [0.5, 0.6) is 0 Å². The summed E-state index contributed by atoms with van der Waals surface area (Å²) in [6.45, 7) is 0. The Hall–Kier alpha value is -1.43. The number of benzene rings is 1. The number of hydrogen-bond donors (Lipinski definition) is 1. The van der Waals surface area contributed by atoms with E-state index in [1.807, 2.05) is 0 Å². The first-order valence-electron chi connectivity index (χ1n) is 7.09. The van der Waals surface area contributed by atoms with Crippen molar-refractivity contribution in [3.63, 3.8) is 0 Å². The van der Waals surface area contributed by atoms with Gasteiger partial charge in [-0.3, -0.25) is 14.9 Å². The van der Waals surface area contributed by atoms with Crippen molar-refractivity contribution in [3.05, 3.63) is 38.3 Å². The molecule has 2 aliphatic carbocycles. The van der Waals surface area contributed by atoms with Gasteiger partial charge in [0.2, 0.25) is 0 Å². The summed E-state index contributed by atoms with van der Waals surface area (Å²) in [6, 6.07) is 4.84. The van der Waals surface area contributed by atoms with Crippen LogP contribution in [0.25, 0.3) is 0 Å². The highest BCUT2D eigenvalue weighted by Gasteiger charge is 2.55. The van der Waals surface area contributed by atoms with E-state index in [9.17, 15) is 20.0 Å². The molecule has 2 saturated carbocycles. The predicted molar refractivity (Wildman–Crippen MR) is 80.0 cm³/mol. The molecule has 0 spiro atoms. The van der Waals surface area contributed by atoms with Crippen LogP contribution >= 0.6 is 15.9 Å². The molecule has 3 unspecified atom stereocenters. The Morgan fingerprint density at radius 3 is 2.76 bits per heavy atom. The van der Waals surface area contributed by atoms with Gasteiger partial charge in [0.05, 0.1) is 14.8 Å². The van der Waals surface area contributed by atoms with E-state index in [4.69, 9.17) is 0 Å². The summed E-state index contributed by atoms with van der Waals surface area (Å²) in [4.78, 5) is 22.5. The Morgan fingerprint density at radius 2 is 2.24 bits per heavy atom. The fraction of sp³-hybridized carbons (Fsp3) is 0.533. The zero-order valence-corrected chi connectivity index (χ0v) is 13.0. The molecule has 21 heavy (non-hydrogen) atoms. The van der Waals surface area contributed by atoms with E-state index in [1.54, 1.807) is 12.1 Å². The smallest absolute Gasteiger partial charge is 0.310 e. The highest BCUT2D eigenvalue weighted by molar-refractivity contribution is 9.10. The topological polar surface area (TPSA) is 80.4 Å². The monoisotopic (exact) mass is 353 g/mol. The van der Waals surface area contributed by atoms with Crippen molar-refractivity contribution >= 4 is 27.6 Å². The molecule has 0 aromatic heterocycles. The Kier molecular flexibility index (Phi) is 3.51. The number of nitro groups is 1. The number of carboxylic acids is 1. The first-order chi connectivity index (χ1) is 9.94. The van der Waals surface area contributed by atoms with Crippen molar-refractivity contribution in [3.8, 4) is 0 Å². The number of nitrogens with zero attached hydrogens (tertiary/aromatic N) is 1. The fourth-order valence-electron chi connectivity index (χ4n) is 4.18. The summed E-state index contributed by atoms with van der Waals surface area (Å²) >= 11 is 3.28. The van der Waals surface area contributed by atoms with Crippen molar-refractivity contribution in [2.24, 2.45) is 17.3 Å². The standard InChI is InChI=1S/C15H16BrNO4/c16-13-10(2-1-3-12(13)17(20)21)8-15(14(18)19)7-9-4-5-11(15)6-9/h1-3,9,11H,4-8H2,(H,18,19). The van der Waals surface area contributed by atoms with Gasteiger partial charge in [0.1, 0.15) is 0 Å². The van der Waals surface area contributed by atoms with Gasteiger partial charge in [0, 0.05) is 6.07 Å². The quantitative estimate of drug-likeness (QED) is 0.659. The Bertz CT molecular complexity index is 618. The number of carboxylic acid groups (broad SMARTS) is 1. The van der Waals surface area contributed by atoms with Crippen LogP contribution in [0.1, 0.15) is 31.2 Å². The maximum atomic E-state index is 11.9. The highest BCUT2D eigenvalue weighted by Crippen LogP contribution is 2.58. The third-order valence-electron chi connectivity index (χ3n) is 5.16. The van der Waals surface area contributed by atoms with Gasteiger partial charge in [-0.15, -0.1) is 0 Å². The van der Waals surface area contributed by atoms with Crippen LogP contribution in [-0.2, 0) is 11.2 Å². The van der Waals surface area contributed by atoms with E-state index in [-0.39, 0.29) is 11.6 Å². The van der Waals surface area contributed by atoms with Gasteiger partial charge in [-0.05, 0) is 59.0 Å². The summed E-state index contributed by atoms with van der Waals surface area (Å²) in [5.74, 6) is -0.0529. The molecular formula is C15H16BrNO4. The van der Waals surface area contributed by atoms with Gasteiger partial charge < -0.3 is 5.11 Å². The molecule has 6 heteroatoms. The summed E-state index contributed by atoms with van der Waals surface area (Å²) in [7, 11) is 0. The predicted octanol–water partition coefficient (Wildman–Crippen LogP) is 3.79. The number of hydrogen-bond acceptors (Lipinski definition) is 3. The first kappa shape index (κ1) is 14.5. The Balaban J connectivity index is 1.97. The largest absolute Gasteiger partial charge is 0.481 e. The average Bonchev–Trinajstić information content (AvgIpc) is 3.01. The number of rotatable bonds is 4. The third-order valence-corrected chi connectivity index (χ3v) is 6.08. The molecule has 0 saturated heterocycles. The molecule has 112 valence electrons. The molecule has 2 fully saturated rings. The maximum Gasteiger partial charge on any atom is 0.310 e. The summed E-state index contributed by atoms with van der Waals surface area (Å²) in [5.41, 5.74) is -0.0314.